The molecule has 13 heteroatoms. The molecule has 46 heavy (non-hydrogen) atoms. The van der Waals surface area contributed by atoms with E-state index in [1.54, 1.807) is 53.1 Å². The van der Waals surface area contributed by atoms with Crippen molar-refractivity contribution in [2.24, 2.45) is 0 Å². The van der Waals surface area contributed by atoms with Crippen LogP contribution in [0.25, 0.3) is 33.9 Å². The molecule has 0 aliphatic rings. The Hall–Kier alpha value is -5.37. The lowest BCUT2D eigenvalue weighted by molar-refractivity contribution is 0.276. The smallest absolute Gasteiger partial charge is 0.273 e. The molecule has 0 spiro atoms. The number of rotatable bonds is 9. The molecule has 0 amide bonds. The van der Waals surface area contributed by atoms with Gasteiger partial charge in [-0.15, -0.1) is 0 Å². The van der Waals surface area contributed by atoms with E-state index in [-0.39, 0.29) is 12.3 Å². The van der Waals surface area contributed by atoms with E-state index in [4.69, 9.17) is 9.47 Å². The van der Waals surface area contributed by atoms with Gasteiger partial charge >= 0.3 is 0 Å². The van der Waals surface area contributed by atoms with Crippen LogP contribution in [-0.4, -0.2) is 61.8 Å². The summed E-state index contributed by atoms with van der Waals surface area (Å²) >= 11 is 0. The number of aliphatic hydroxyl groups excluding tert-OH is 1. The summed E-state index contributed by atoms with van der Waals surface area (Å²) in [5, 5.41) is 17.0. The molecule has 4 aromatic heterocycles. The van der Waals surface area contributed by atoms with Crippen LogP contribution in [-0.2, 0) is 16.7 Å². The fourth-order valence-electron chi connectivity index (χ4n) is 4.52. The minimum absolute atomic E-state index is 0.101. The molecule has 0 radical (unpaired) electrons. The molecule has 0 aliphatic carbocycles. The first-order chi connectivity index (χ1) is 22.2. The van der Waals surface area contributed by atoms with Crippen LogP contribution in [0.5, 0.6) is 11.8 Å². The molecule has 1 atom stereocenters. The van der Waals surface area contributed by atoms with E-state index in [1.807, 2.05) is 72.8 Å². The summed E-state index contributed by atoms with van der Waals surface area (Å²) in [5.41, 5.74) is 5.81. The maximum absolute atomic E-state index is 11.5. The zero-order valence-electron chi connectivity index (χ0n) is 25.3. The Morgan fingerprint density at radius 1 is 0.717 bits per heavy atom. The van der Waals surface area contributed by atoms with Crippen LogP contribution in [0.2, 0.25) is 0 Å². The van der Waals surface area contributed by atoms with Crippen molar-refractivity contribution in [1.82, 2.24) is 29.5 Å². The van der Waals surface area contributed by atoms with Gasteiger partial charge in [-0.05, 0) is 31.2 Å². The Balaban J connectivity index is 0.000000184. The number of hydrogen-bond acceptors (Lipinski definition) is 9. The standard InChI is InChI=1S/C17H17N3O4S.C16H15N3O2/c1-12(25(21,22)23)15-10-16(13-6-4-3-5-7-13)20(19-15)14-8-9-17(24-2)18-11-14;1-21-16-8-7-14(10-17-16)19-15(9-13(11-20)18-19)12-5-3-2-4-6-12/h3-12H,1-2H3,(H,21,22,23);2-10,20H,11H2,1H3. The first-order valence-corrected chi connectivity index (χ1v) is 15.6. The fourth-order valence-corrected chi connectivity index (χ4v) is 4.94. The summed E-state index contributed by atoms with van der Waals surface area (Å²) in [6.07, 6.45) is 3.28. The van der Waals surface area contributed by atoms with Gasteiger partial charge in [0.2, 0.25) is 11.8 Å². The van der Waals surface area contributed by atoms with Gasteiger partial charge in [-0.3, -0.25) is 4.55 Å². The van der Waals surface area contributed by atoms with Crippen molar-refractivity contribution < 1.29 is 27.6 Å². The Morgan fingerprint density at radius 2 is 1.20 bits per heavy atom. The van der Waals surface area contributed by atoms with Gasteiger partial charge in [-0.1, -0.05) is 60.7 Å². The number of nitrogens with zero attached hydrogens (tertiary/aromatic N) is 6. The molecule has 0 saturated carbocycles. The van der Waals surface area contributed by atoms with E-state index in [0.29, 0.717) is 28.8 Å². The largest absolute Gasteiger partial charge is 0.481 e. The van der Waals surface area contributed by atoms with Gasteiger partial charge in [0, 0.05) is 23.3 Å². The Morgan fingerprint density at radius 3 is 1.61 bits per heavy atom. The molecule has 4 heterocycles. The van der Waals surface area contributed by atoms with Crippen molar-refractivity contribution >= 4 is 10.1 Å². The third-order valence-corrected chi connectivity index (χ3v) is 8.14. The summed E-state index contributed by atoms with van der Waals surface area (Å²) in [4.78, 5) is 8.36. The van der Waals surface area contributed by atoms with E-state index < -0.39 is 15.4 Å². The molecule has 0 fully saturated rings. The Kier molecular flexibility index (Phi) is 9.86. The molecular formula is C33H32N6O6S. The van der Waals surface area contributed by atoms with Crippen LogP contribution in [0.1, 0.15) is 23.6 Å². The highest BCUT2D eigenvalue weighted by atomic mass is 32.2. The van der Waals surface area contributed by atoms with Gasteiger partial charge in [-0.2, -0.15) is 18.6 Å². The molecule has 0 aliphatic heterocycles. The average Bonchev–Trinajstić information content (AvgIpc) is 3.74. The van der Waals surface area contributed by atoms with Crippen LogP contribution in [0.4, 0.5) is 0 Å². The van der Waals surface area contributed by atoms with E-state index in [1.165, 1.54) is 14.0 Å². The predicted octanol–water partition coefficient (Wildman–Crippen LogP) is 5.33. The van der Waals surface area contributed by atoms with Crippen LogP contribution in [0, 0.1) is 0 Å². The van der Waals surface area contributed by atoms with E-state index in [9.17, 15) is 18.1 Å². The third kappa shape index (κ3) is 7.29. The highest BCUT2D eigenvalue weighted by Crippen LogP contribution is 2.29. The summed E-state index contributed by atoms with van der Waals surface area (Å²) in [7, 11) is -1.14. The van der Waals surface area contributed by atoms with Crippen molar-refractivity contribution in [1.29, 1.82) is 0 Å². The van der Waals surface area contributed by atoms with Crippen LogP contribution >= 0.6 is 0 Å². The lowest BCUT2D eigenvalue weighted by Gasteiger charge is -2.08. The molecule has 1 unspecified atom stereocenters. The fraction of sp³-hybridized carbons (Fsp3) is 0.152. The Bertz CT molecular complexity index is 1980. The van der Waals surface area contributed by atoms with E-state index in [2.05, 4.69) is 20.2 Å². The first-order valence-electron chi connectivity index (χ1n) is 14.1. The summed E-state index contributed by atoms with van der Waals surface area (Å²) in [5.74, 6) is 1.01. The maximum Gasteiger partial charge on any atom is 0.273 e. The molecule has 6 rings (SSSR count). The van der Waals surface area contributed by atoms with Crippen LogP contribution in [0.3, 0.4) is 0 Å². The molecule has 0 bridgehead atoms. The third-order valence-electron chi connectivity index (χ3n) is 7.00. The normalized spacial score (nSPS) is 11.8. The zero-order chi connectivity index (χ0) is 32.7. The second-order valence-corrected chi connectivity index (χ2v) is 11.7. The van der Waals surface area contributed by atoms with Gasteiger partial charge < -0.3 is 14.6 Å². The number of aliphatic hydroxyl groups is 1. The quantitative estimate of drug-likeness (QED) is 0.198. The van der Waals surface area contributed by atoms with Crippen molar-refractivity contribution in [2.75, 3.05) is 14.2 Å². The maximum atomic E-state index is 11.5. The summed E-state index contributed by atoms with van der Waals surface area (Å²) < 4.78 is 45.8. The van der Waals surface area contributed by atoms with Crippen LogP contribution in [0.15, 0.2) is 109 Å². The predicted molar refractivity (Wildman–Crippen MR) is 173 cm³/mol. The molecule has 2 aromatic carbocycles. The Labute approximate surface area is 266 Å². The topological polar surface area (TPSA) is 154 Å². The highest BCUT2D eigenvalue weighted by Gasteiger charge is 2.25. The van der Waals surface area contributed by atoms with Gasteiger partial charge in [0.1, 0.15) is 5.25 Å². The monoisotopic (exact) mass is 640 g/mol. The number of benzene rings is 2. The molecule has 236 valence electrons. The van der Waals surface area contributed by atoms with Crippen molar-refractivity contribution in [3.63, 3.8) is 0 Å². The molecule has 12 nitrogen and oxygen atoms in total. The van der Waals surface area contributed by atoms with Gasteiger partial charge in [0.25, 0.3) is 10.1 Å². The van der Waals surface area contributed by atoms with Crippen molar-refractivity contribution in [3.8, 4) is 45.6 Å². The number of ether oxygens (including phenoxy) is 2. The van der Waals surface area contributed by atoms with Crippen molar-refractivity contribution in [3.05, 3.63) is 121 Å². The minimum Gasteiger partial charge on any atom is -0.481 e. The second kappa shape index (κ2) is 14.2. The number of aromatic nitrogens is 6. The lowest BCUT2D eigenvalue weighted by atomic mass is 10.1. The van der Waals surface area contributed by atoms with Gasteiger partial charge in [-0.25, -0.2) is 19.3 Å². The SMILES string of the molecule is COc1ccc(-n2nc(C(C)S(=O)(=O)O)cc2-c2ccccc2)cn1.COc1ccc(-n2nc(CO)cc2-c2ccccc2)cn1. The molecule has 2 N–H and O–H groups in total. The number of hydrogen-bond donors (Lipinski definition) is 2. The van der Waals surface area contributed by atoms with Gasteiger partial charge in [0.05, 0.1) is 67.4 Å². The second-order valence-electron chi connectivity index (χ2n) is 9.96. The van der Waals surface area contributed by atoms with Gasteiger partial charge in [0.15, 0.2) is 0 Å². The van der Waals surface area contributed by atoms with E-state index >= 15 is 0 Å². The molecular weight excluding hydrogens is 608 g/mol. The number of methoxy groups -OCH3 is 2. The first kappa shape index (κ1) is 32.0. The zero-order valence-corrected chi connectivity index (χ0v) is 26.1. The minimum atomic E-state index is -4.25. The average molecular weight is 641 g/mol. The van der Waals surface area contributed by atoms with Crippen LogP contribution < -0.4 is 9.47 Å². The van der Waals surface area contributed by atoms with E-state index in [0.717, 1.165) is 22.5 Å². The number of pyridine rings is 2. The molecule has 6 aromatic rings. The highest BCUT2D eigenvalue weighted by molar-refractivity contribution is 7.86. The molecule has 0 saturated heterocycles. The summed E-state index contributed by atoms with van der Waals surface area (Å²) in [6.45, 7) is 1.29. The lowest BCUT2D eigenvalue weighted by Crippen LogP contribution is -2.09. The summed E-state index contributed by atoms with van der Waals surface area (Å²) in [6, 6.07) is 30.0. The van der Waals surface area contributed by atoms with Crippen molar-refractivity contribution in [2.45, 2.75) is 18.8 Å².